The van der Waals surface area contributed by atoms with Gasteiger partial charge in [0.25, 0.3) is 0 Å². The largest absolute Gasteiger partial charge is 0.482 e. The molecule has 326 valence electrons. The van der Waals surface area contributed by atoms with E-state index in [4.69, 9.17) is 18.9 Å². The Kier molecular flexibility index (Phi) is 10.9. The van der Waals surface area contributed by atoms with Crippen molar-refractivity contribution in [1.82, 2.24) is 10.2 Å². The van der Waals surface area contributed by atoms with E-state index in [0.717, 1.165) is 43.4 Å². The first-order chi connectivity index (χ1) is 29.3. The lowest BCUT2D eigenvalue weighted by molar-refractivity contribution is -0.365. The molecule has 16 nitrogen and oxygen atoms in total. The Hall–Kier alpha value is -4.68. The number of carbonyl (C=O) groups is 1. The summed E-state index contributed by atoms with van der Waals surface area (Å²) in [5, 5.41) is 58.4. The maximum absolute atomic E-state index is 13.7. The van der Waals surface area contributed by atoms with Gasteiger partial charge in [-0.05, 0) is 76.2 Å². The van der Waals surface area contributed by atoms with Gasteiger partial charge in [0.05, 0.1) is 47.1 Å². The van der Waals surface area contributed by atoms with E-state index in [0.29, 0.717) is 71.1 Å². The van der Waals surface area contributed by atoms with Gasteiger partial charge in [0.2, 0.25) is 5.91 Å². The number of aryl methyl sites for hydroxylation is 1. The SMILES string of the molecule is CCC1C2=CC=NC2=CN1c1c2c(cc3c(=O)cc(C)oc13)CC(OOCC(O)C(O)(CN1CC=C3N=CC=C31)C(O)C(O)CO)C(C)(CCC1CNC(=O)C13CCCC3)O2. The monoisotopic (exact) mass is 841 g/mol. The van der Waals surface area contributed by atoms with Crippen LogP contribution in [0.3, 0.4) is 0 Å². The minimum Gasteiger partial charge on any atom is -0.482 e. The average Bonchev–Trinajstić information content (AvgIpc) is 4.10. The number of aliphatic imine (C=N–C) groups is 2. The number of rotatable bonds is 15. The molecule has 0 bridgehead atoms. The van der Waals surface area contributed by atoms with Crippen molar-refractivity contribution in [2.24, 2.45) is 21.3 Å². The van der Waals surface area contributed by atoms with Gasteiger partial charge in [-0.25, -0.2) is 9.78 Å². The quantitative estimate of drug-likeness (QED) is 0.112. The molecular weight excluding hydrogens is 787 g/mol. The Morgan fingerprint density at radius 2 is 1.87 bits per heavy atom. The Morgan fingerprint density at radius 1 is 1.10 bits per heavy atom. The van der Waals surface area contributed by atoms with Gasteiger partial charge in [-0.3, -0.25) is 19.6 Å². The van der Waals surface area contributed by atoms with E-state index in [1.165, 1.54) is 6.07 Å². The van der Waals surface area contributed by atoms with Gasteiger partial charge < -0.3 is 49.8 Å². The van der Waals surface area contributed by atoms with Crippen LogP contribution in [-0.4, -0.2) is 123 Å². The predicted molar refractivity (Wildman–Crippen MR) is 225 cm³/mol. The number of carbonyl (C=O) groups excluding carboxylic acids is 1. The van der Waals surface area contributed by atoms with Crippen LogP contribution < -0.4 is 20.4 Å². The highest BCUT2D eigenvalue weighted by atomic mass is 17.2. The van der Waals surface area contributed by atoms with E-state index in [2.05, 4.69) is 27.1 Å². The summed E-state index contributed by atoms with van der Waals surface area (Å²) in [5.41, 5.74) is 0.768. The van der Waals surface area contributed by atoms with Crippen molar-refractivity contribution in [3.05, 3.63) is 80.8 Å². The molecule has 1 saturated heterocycles. The Morgan fingerprint density at radius 3 is 2.64 bits per heavy atom. The molecule has 1 aliphatic carbocycles. The molecule has 8 atom stereocenters. The minimum absolute atomic E-state index is 0.0665. The van der Waals surface area contributed by atoms with Crippen LogP contribution in [0.2, 0.25) is 0 Å². The highest BCUT2D eigenvalue weighted by molar-refractivity contribution is 5.96. The van der Waals surface area contributed by atoms with Crippen molar-refractivity contribution in [3.8, 4) is 5.75 Å². The molecule has 6 N–H and O–H groups in total. The summed E-state index contributed by atoms with van der Waals surface area (Å²) in [6, 6.07) is 3.12. The fourth-order valence-electron chi connectivity index (χ4n) is 10.7. The maximum atomic E-state index is 13.7. The Bertz CT molecular complexity index is 2340. The second-order valence-corrected chi connectivity index (χ2v) is 17.9. The fourth-order valence-corrected chi connectivity index (χ4v) is 10.7. The topological polar surface area (TPSA) is 219 Å². The van der Waals surface area contributed by atoms with E-state index in [9.17, 15) is 35.1 Å². The maximum Gasteiger partial charge on any atom is 0.226 e. The number of nitrogens with zero attached hydrogens (tertiary/aromatic N) is 4. The normalized spacial score (nSPS) is 28.3. The molecule has 6 aliphatic heterocycles. The highest BCUT2D eigenvalue weighted by Crippen LogP contribution is 2.53. The summed E-state index contributed by atoms with van der Waals surface area (Å²) in [6.07, 6.45) is 10.2. The molecule has 1 aromatic carbocycles. The van der Waals surface area contributed by atoms with Crippen LogP contribution in [0.25, 0.3) is 11.0 Å². The first-order valence-corrected chi connectivity index (χ1v) is 21.5. The third kappa shape index (κ3) is 6.96. The summed E-state index contributed by atoms with van der Waals surface area (Å²) in [5.74, 6) is 1.15. The molecule has 7 aliphatic rings. The number of fused-ring (bicyclic) bond motifs is 4. The van der Waals surface area contributed by atoms with Crippen LogP contribution >= 0.6 is 0 Å². The number of hydrogen-bond acceptors (Lipinski definition) is 15. The highest BCUT2D eigenvalue weighted by Gasteiger charge is 2.54. The average molecular weight is 842 g/mol. The van der Waals surface area contributed by atoms with Gasteiger partial charge in [0, 0.05) is 55.3 Å². The van der Waals surface area contributed by atoms with E-state index < -0.39 is 54.2 Å². The van der Waals surface area contributed by atoms with E-state index in [1.807, 2.05) is 25.3 Å². The van der Waals surface area contributed by atoms with E-state index >= 15 is 0 Å². The van der Waals surface area contributed by atoms with Gasteiger partial charge in [-0.1, -0.05) is 19.8 Å². The van der Waals surface area contributed by atoms with Crippen molar-refractivity contribution in [2.45, 2.75) is 114 Å². The summed E-state index contributed by atoms with van der Waals surface area (Å²) in [6.45, 7) is 4.83. The van der Waals surface area contributed by atoms with Crippen molar-refractivity contribution in [3.63, 3.8) is 0 Å². The van der Waals surface area contributed by atoms with Crippen molar-refractivity contribution in [2.75, 3.05) is 37.7 Å². The van der Waals surface area contributed by atoms with E-state index in [-0.39, 0.29) is 36.3 Å². The number of anilines is 1. The van der Waals surface area contributed by atoms with Gasteiger partial charge in [-0.15, -0.1) is 0 Å². The number of benzene rings is 1. The molecule has 7 heterocycles. The smallest absolute Gasteiger partial charge is 0.226 e. The van der Waals surface area contributed by atoms with Gasteiger partial charge in [-0.2, -0.15) is 0 Å². The summed E-state index contributed by atoms with van der Waals surface area (Å²) in [4.78, 5) is 51.7. The second-order valence-electron chi connectivity index (χ2n) is 17.9. The minimum atomic E-state index is -2.40. The molecule has 9 rings (SSSR count). The molecular formula is C45H55N5O11. The first kappa shape index (κ1) is 41.7. The Labute approximate surface area is 353 Å². The molecule has 61 heavy (non-hydrogen) atoms. The van der Waals surface area contributed by atoms with Crippen LogP contribution in [0.4, 0.5) is 5.69 Å². The molecule has 2 fully saturated rings. The number of allylic oxidation sites excluding steroid dienone is 2. The van der Waals surface area contributed by atoms with Crippen LogP contribution in [0, 0.1) is 18.3 Å². The zero-order valence-electron chi connectivity index (χ0n) is 34.7. The molecule has 1 saturated carbocycles. The summed E-state index contributed by atoms with van der Waals surface area (Å²) < 4.78 is 13.6. The molecule has 1 amide bonds. The standard InChI is InChI=1S/C45H55N5O11/c1-4-32-28-8-14-47-31(28)21-50(32)38-39-26(18-29-34(52)17-25(2)59-40(29)38)19-37(43(3,60-39)13-7-27-20-48-42(56)44(27)11-5-6-12-44)61-58-23-36(54)45(57,41(55)35(53)22-51)24-49-16-10-30-33(49)9-15-46-30/h8-10,14-15,17-18,21,27,32,35-37,41,51,53-55,57H,4-7,11-13,16,19-20,22-24H2,1-3H3,(H,48,56). The fraction of sp³-hybridized carbons (Fsp3) is 0.556. The van der Waals surface area contributed by atoms with Crippen molar-refractivity contribution < 1.29 is 49.3 Å². The number of hydrogen-bond donors (Lipinski definition) is 6. The predicted octanol–water partition coefficient (Wildman–Crippen LogP) is 2.62. The van der Waals surface area contributed by atoms with Crippen LogP contribution in [-0.2, 0) is 21.0 Å². The van der Waals surface area contributed by atoms with Gasteiger partial charge >= 0.3 is 0 Å². The zero-order valence-corrected chi connectivity index (χ0v) is 34.7. The lowest BCUT2D eigenvalue weighted by Crippen LogP contribution is -2.63. The molecule has 8 unspecified atom stereocenters. The molecule has 2 aromatic rings. The van der Waals surface area contributed by atoms with Crippen molar-refractivity contribution in [1.29, 1.82) is 0 Å². The van der Waals surface area contributed by atoms with Crippen LogP contribution in [0.1, 0.15) is 70.1 Å². The second kappa shape index (κ2) is 15.9. The summed E-state index contributed by atoms with van der Waals surface area (Å²) >= 11 is 0. The molecule has 0 radical (unpaired) electrons. The first-order valence-electron chi connectivity index (χ1n) is 21.5. The van der Waals surface area contributed by atoms with E-state index in [1.54, 1.807) is 36.4 Å². The number of β-amino-alcohol motifs (C(OH)–C–C–N with tert-alkyl or cyclic N) is 1. The number of aliphatic hydroxyl groups excluding tert-OH is 4. The molecule has 16 heteroatoms. The number of amides is 1. The van der Waals surface area contributed by atoms with Crippen LogP contribution in [0.5, 0.6) is 5.75 Å². The summed E-state index contributed by atoms with van der Waals surface area (Å²) in [7, 11) is 0. The number of ether oxygens (including phenoxy) is 1. The van der Waals surface area contributed by atoms with Crippen molar-refractivity contribution >= 4 is 35.0 Å². The Balaban J connectivity index is 1.05. The number of aliphatic hydroxyl groups is 5. The lowest BCUT2D eigenvalue weighted by Gasteiger charge is -2.44. The third-order valence-electron chi connectivity index (χ3n) is 14.2. The lowest BCUT2D eigenvalue weighted by atomic mass is 9.72. The van der Waals surface area contributed by atoms with Crippen LogP contribution in [0.15, 0.2) is 78.4 Å². The molecule has 1 aromatic heterocycles. The third-order valence-corrected chi connectivity index (χ3v) is 14.2. The number of nitrogens with one attached hydrogen (secondary N) is 1. The zero-order chi connectivity index (χ0) is 42.8. The van der Waals surface area contributed by atoms with Gasteiger partial charge in [0.1, 0.15) is 53.7 Å². The van der Waals surface area contributed by atoms with Gasteiger partial charge in [0.15, 0.2) is 16.8 Å². The molecule has 1 spiro atoms.